The lowest BCUT2D eigenvalue weighted by Gasteiger charge is -2.01. The second kappa shape index (κ2) is 165. The molecule has 0 bridgehead atoms. The van der Waals surface area contributed by atoms with Gasteiger partial charge in [0.15, 0.2) is 0 Å². The maximum atomic E-state index is 11.0. The summed E-state index contributed by atoms with van der Waals surface area (Å²) in [6.45, 7) is 9.46. The van der Waals surface area contributed by atoms with Crippen molar-refractivity contribution < 1.29 is 4.79 Å². The van der Waals surface area contributed by atoms with Crippen LogP contribution >= 0.6 is 186 Å². The van der Waals surface area contributed by atoms with Crippen molar-refractivity contribution in [2.45, 2.75) is 0 Å². The lowest BCUT2D eigenvalue weighted by molar-refractivity contribution is 0.243. The minimum Gasteiger partial charge on any atom is -0.337 e. The molecule has 1 rings (SSSR count). The average Bonchev–Trinajstić information content (AvgIpc) is 3.95. The van der Waals surface area contributed by atoms with E-state index in [-0.39, 0.29) is 6.03 Å². The fourth-order valence-electron chi connectivity index (χ4n) is 0.633. The highest BCUT2D eigenvalue weighted by molar-refractivity contribution is 7.82. The number of nitrogens with one attached hydrogen (secondary N) is 2. The predicted molar refractivity (Wildman–Crippen MR) is 354 cm³/mol. The monoisotopic (exact) mass is 1220 g/mol. The molecule has 0 aliphatic heterocycles. The van der Waals surface area contributed by atoms with Crippen LogP contribution in [0, 0.1) is 5.16 Å². The van der Waals surface area contributed by atoms with Gasteiger partial charge in [-0.1, -0.05) is 0 Å². The standard InChI is InChI=1S/C6H9N3OS.13C2H7NS.H2NP/c10-6(8-2-4-11)9-3-1-7-5-9;13*3-1-2-4;1-2/h1,3,5,11H,2,4H2,(H,8,10);13*4H,1-3H2;1-2H. The number of rotatable bonds is 15. The first-order valence-electron chi connectivity index (χ1n) is 19.4. The number of hydrogen-bond donors (Lipinski definition) is 29. The Labute approximate surface area is 477 Å². The van der Waals surface area contributed by atoms with E-state index in [1.165, 1.54) is 10.9 Å². The average molecular weight is 1220 g/mol. The molecule has 0 atom stereocenters. The first-order valence-corrected chi connectivity index (χ1v) is 28.7. The molecule has 0 aliphatic carbocycles. The summed E-state index contributed by atoms with van der Waals surface area (Å²) < 4.78 is 1.38. The normalized spacial score (nSPS) is 7.68. The zero-order chi connectivity index (χ0) is 54.5. The fraction of sp³-hybridized carbons (Fsp3) is 0.875. The van der Waals surface area contributed by atoms with Gasteiger partial charge in [-0.3, -0.25) is 9.73 Å². The summed E-state index contributed by atoms with van der Waals surface area (Å²) in [5.41, 5.74) is 64.4. The molecule has 0 saturated carbocycles. The Balaban J connectivity index is -0.0000000365. The van der Waals surface area contributed by atoms with Gasteiger partial charge in [0.2, 0.25) is 0 Å². The van der Waals surface area contributed by atoms with Crippen molar-refractivity contribution in [1.82, 2.24) is 14.9 Å². The first-order chi connectivity index (χ1) is 31.2. The van der Waals surface area contributed by atoms with Crippen LogP contribution in [0.3, 0.4) is 0 Å². The van der Waals surface area contributed by atoms with E-state index in [9.17, 15) is 4.79 Å². The molecule has 28 N–H and O–H groups in total. The lowest BCUT2D eigenvalue weighted by Crippen LogP contribution is -2.29. The molecular formula is C32H102N17OPS14. The molecule has 0 aromatic carbocycles. The van der Waals surface area contributed by atoms with Gasteiger partial charge in [0.05, 0.1) is 0 Å². The van der Waals surface area contributed by atoms with Crippen molar-refractivity contribution in [3.05, 3.63) is 18.7 Å². The number of nitrogens with zero attached hydrogens (tertiary/aromatic N) is 2. The van der Waals surface area contributed by atoms with Crippen LogP contribution in [0.4, 0.5) is 4.79 Å². The van der Waals surface area contributed by atoms with Crippen LogP contribution < -0.4 is 79.9 Å². The number of amides is 1. The number of carbonyl (C=O) groups excluding carboxylic acids is 1. The zero-order valence-electron chi connectivity index (χ0n) is 38.6. The third-order valence-electron chi connectivity index (χ3n) is 2.81. The summed E-state index contributed by atoms with van der Waals surface area (Å²) in [6, 6.07) is -0.170. The molecule has 0 aliphatic rings. The molecule has 1 aromatic rings. The summed E-state index contributed by atoms with van der Waals surface area (Å²) in [5, 5.41) is 8.20. The van der Waals surface area contributed by atoms with Crippen LogP contribution in [0.25, 0.3) is 0 Å². The Kier molecular flexibility index (Phi) is 267. The molecule has 410 valence electrons. The van der Waals surface area contributed by atoms with Crippen molar-refractivity contribution >= 4 is 192 Å². The van der Waals surface area contributed by atoms with Crippen LogP contribution in [-0.2, 0) is 0 Å². The highest BCUT2D eigenvalue weighted by Gasteiger charge is 1.99. The van der Waals surface area contributed by atoms with Crippen LogP contribution in [0.15, 0.2) is 18.7 Å². The second-order valence-electron chi connectivity index (χ2n) is 8.59. The second-order valence-corrected chi connectivity index (χ2v) is 14.8. The van der Waals surface area contributed by atoms with Crippen LogP contribution in [0.2, 0.25) is 0 Å². The Morgan fingerprint density at radius 2 is 0.538 bits per heavy atom. The number of thiol groups is 14. The van der Waals surface area contributed by atoms with Gasteiger partial charge >= 0.3 is 6.03 Å². The van der Waals surface area contributed by atoms with E-state index in [2.05, 4.69) is 196 Å². The fourth-order valence-corrected chi connectivity index (χ4v) is 0.745. The van der Waals surface area contributed by atoms with E-state index in [1.807, 2.05) is 0 Å². The minimum atomic E-state index is -0.170. The van der Waals surface area contributed by atoms with Crippen molar-refractivity contribution in [3.8, 4) is 0 Å². The molecule has 0 radical (unpaired) electrons. The summed E-state index contributed by atoms with van der Waals surface area (Å²) >= 11 is 53.3. The quantitative estimate of drug-likeness (QED) is 0.0788. The Morgan fingerprint density at radius 3 is 0.631 bits per heavy atom. The van der Waals surface area contributed by atoms with Crippen molar-refractivity contribution in [2.24, 2.45) is 74.5 Å². The number of aromatic nitrogens is 2. The molecule has 1 heterocycles. The van der Waals surface area contributed by atoms with Gasteiger partial charge in [-0.05, 0) is 9.03 Å². The molecular weight excluding hydrogens is 1120 g/mol. The van der Waals surface area contributed by atoms with Gasteiger partial charge in [0.1, 0.15) is 6.33 Å². The van der Waals surface area contributed by atoms with Crippen LogP contribution in [0.5, 0.6) is 0 Å². The first kappa shape index (κ1) is 105. The maximum absolute atomic E-state index is 11.0. The molecule has 1 aromatic heterocycles. The highest BCUT2D eigenvalue weighted by Crippen LogP contribution is 1.84. The van der Waals surface area contributed by atoms with Gasteiger partial charge in [0, 0.05) is 185 Å². The third-order valence-corrected chi connectivity index (χ3v) is 6.39. The van der Waals surface area contributed by atoms with Crippen LogP contribution in [-0.4, -0.2) is 188 Å². The van der Waals surface area contributed by atoms with Crippen LogP contribution in [0.1, 0.15) is 0 Å². The van der Waals surface area contributed by atoms with E-state index < -0.39 is 0 Å². The molecule has 0 unspecified atom stereocenters. The Hall–Kier alpha value is 3.16. The van der Waals surface area contributed by atoms with E-state index in [0.29, 0.717) is 97.4 Å². The molecule has 0 spiro atoms. The Bertz CT molecular complexity index is 551. The van der Waals surface area contributed by atoms with Crippen molar-refractivity contribution in [1.29, 1.82) is 5.16 Å². The molecule has 1 amide bonds. The van der Waals surface area contributed by atoms with E-state index >= 15 is 0 Å². The number of carbonyl (C=O) groups is 1. The zero-order valence-corrected chi connectivity index (χ0v) is 52.1. The summed E-state index contributed by atoms with van der Waals surface area (Å²) in [6.07, 6.45) is 4.60. The minimum absolute atomic E-state index is 0.170. The summed E-state index contributed by atoms with van der Waals surface area (Å²) in [4.78, 5) is 14.8. The van der Waals surface area contributed by atoms with Gasteiger partial charge in [-0.15, -0.1) is 0 Å². The van der Waals surface area contributed by atoms with Crippen molar-refractivity contribution in [2.75, 3.05) is 172 Å². The summed E-state index contributed by atoms with van der Waals surface area (Å²) in [7, 11) is 2.22. The van der Waals surface area contributed by atoms with Gasteiger partial charge in [-0.25, -0.2) is 9.78 Å². The van der Waals surface area contributed by atoms with Gasteiger partial charge in [0.25, 0.3) is 0 Å². The maximum Gasteiger partial charge on any atom is 0.326 e. The number of nitrogens with two attached hydrogens (primary N) is 13. The van der Waals surface area contributed by atoms with Gasteiger partial charge in [-0.2, -0.15) is 177 Å². The third kappa shape index (κ3) is 294. The predicted octanol–water partition coefficient (Wildman–Crippen LogP) is -0.364. The lowest BCUT2D eigenvalue weighted by atomic mass is 10.7. The molecule has 18 nitrogen and oxygen atoms in total. The van der Waals surface area contributed by atoms with Crippen molar-refractivity contribution in [3.63, 3.8) is 0 Å². The molecule has 0 fully saturated rings. The molecule has 65 heavy (non-hydrogen) atoms. The molecule has 0 saturated heterocycles. The largest absolute Gasteiger partial charge is 0.337 e. The molecule has 33 heteroatoms. The highest BCUT2D eigenvalue weighted by atomic mass is 32.1. The number of hydrogen-bond acceptors (Lipinski definition) is 30. The van der Waals surface area contributed by atoms with Gasteiger partial charge < -0.3 is 79.9 Å². The van der Waals surface area contributed by atoms with E-state index in [0.717, 1.165) is 74.8 Å². The SMILES string of the molecule is N=P.NCCS.NCCS.NCCS.NCCS.NCCS.NCCS.NCCS.NCCS.NCCS.NCCS.NCCS.NCCS.NCCS.O=C(NCCS)n1ccnc1. The Morgan fingerprint density at radius 1 is 0.385 bits per heavy atom. The van der Waals surface area contributed by atoms with E-state index in [4.69, 9.17) is 79.7 Å². The number of imidazole rings is 1. The topological polar surface area (TPSA) is 409 Å². The smallest absolute Gasteiger partial charge is 0.326 e. The summed E-state index contributed by atoms with van der Waals surface area (Å²) in [5.74, 6) is 10.9. The van der Waals surface area contributed by atoms with E-state index in [1.54, 1.807) is 12.4 Å².